The Bertz CT molecular complexity index is 330. The van der Waals surface area contributed by atoms with Crippen molar-refractivity contribution >= 4 is 0 Å². The Morgan fingerprint density at radius 2 is 2.00 bits per heavy atom. The van der Waals surface area contributed by atoms with Gasteiger partial charge in [0.15, 0.2) is 0 Å². The van der Waals surface area contributed by atoms with Gasteiger partial charge in [0.1, 0.15) is 0 Å². The van der Waals surface area contributed by atoms with Gasteiger partial charge in [-0.1, -0.05) is 37.3 Å². The predicted octanol–water partition coefficient (Wildman–Crippen LogP) is 2.86. The normalized spacial score (nSPS) is 18.9. The van der Waals surface area contributed by atoms with Crippen molar-refractivity contribution in [3.8, 4) is 0 Å². The van der Waals surface area contributed by atoms with E-state index < -0.39 is 0 Å². The zero-order chi connectivity index (χ0) is 12.1. The molecule has 94 valence electrons. The smallest absolute Gasteiger partial charge is 0.0306 e. The Kier molecular flexibility index (Phi) is 4.19. The number of benzene rings is 1. The lowest BCUT2D eigenvalue weighted by Crippen LogP contribution is -2.27. The van der Waals surface area contributed by atoms with Crippen molar-refractivity contribution < 1.29 is 0 Å². The van der Waals surface area contributed by atoms with Crippen LogP contribution in [-0.2, 0) is 0 Å². The van der Waals surface area contributed by atoms with E-state index in [1.807, 2.05) is 6.07 Å². The maximum atomic E-state index is 6.15. The predicted molar refractivity (Wildman–Crippen MR) is 72.8 cm³/mol. The molecule has 2 nitrogen and oxygen atoms in total. The van der Waals surface area contributed by atoms with Crippen LogP contribution in [0.2, 0.25) is 0 Å². The molecule has 0 bridgehead atoms. The van der Waals surface area contributed by atoms with Crippen LogP contribution in [0.25, 0.3) is 0 Å². The third kappa shape index (κ3) is 3.55. The summed E-state index contributed by atoms with van der Waals surface area (Å²) in [6.07, 6.45) is 5.14. The van der Waals surface area contributed by atoms with Gasteiger partial charge in [0.25, 0.3) is 0 Å². The summed E-state index contributed by atoms with van der Waals surface area (Å²) >= 11 is 0. The molecule has 0 aromatic heterocycles. The summed E-state index contributed by atoms with van der Waals surface area (Å²) in [7, 11) is 0. The quantitative estimate of drug-likeness (QED) is 0.709. The second kappa shape index (κ2) is 5.65. The molecule has 3 N–H and O–H groups in total. The zero-order valence-corrected chi connectivity index (χ0v) is 10.8. The highest BCUT2D eigenvalue weighted by molar-refractivity contribution is 5.18. The molecule has 0 heterocycles. The number of nitrogens with one attached hydrogen (secondary N) is 1. The van der Waals surface area contributed by atoms with Crippen LogP contribution in [0.1, 0.15) is 44.2 Å². The minimum absolute atomic E-state index is 0.167. The van der Waals surface area contributed by atoms with E-state index in [0.29, 0.717) is 5.41 Å². The van der Waals surface area contributed by atoms with Crippen LogP contribution in [0.3, 0.4) is 0 Å². The van der Waals surface area contributed by atoms with Crippen LogP contribution in [0, 0.1) is 5.41 Å². The highest BCUT2D eigenvalue weighted by Crippen LogP contribution is 2.47. The van der Waals surface area contributed by atoms with E-state index >= 15 is 0 Å². The van der Waals surface area contributed by atoms with Crippen LogP contribution < -0.4 is 11.1 Å². The minimum Gasteiger partial charge on any atom is -0.324 e. The average Bonchev–Trinajstić information content (AvgIpc) is 3.16. The van der Waals surface area contributed by atoms with Gasteiger partial charge >= 0.3 is 0 Å². The largest absolute Gasteiger partial charge is 0.324 e. The SMILES string of the molecule is CCC1(CNCCC(N)c2ccccc2)CC1. The van der Waals surface area contributed by atoms with Crippen LogP contribution in [0.4, 0.5) is 0 Å². The van der Waals surface area contributed by atoms with Gasteiger partial charge in [-0.2, -0.15) is 0 Å². The van der Waals surface area contributed by atoms with Crippen LogP contribution in [0.15, 0.2) is 30.3 Å². The van der Waals surface area contributed by atoms with Crippen molar-refractivity contribution in [3.63, 3.8) is 0 Å². The third-order valence-electron chi connectivity index (χ3n) is 4.07. The van der Waals surface area contributed by atoms with Gasteiger partial charge in [-0.05, 0) is 43.2 Å². The van der Waals surface area contributed by atoms with Gasteiger partial charge in [0, 0.05) is 12.6 Å². The van der Waals surface area contributed by atoms with Crippen molar-refractivity contribution in [3.05, 3.63) is 35.9 Å². The average molecular weight is 232 g/mol. The van der Waals surface area contributed by atoms with Crippen molar-refractivity contribution in [2.24, 2.45) is 11.1 Å². The Morgan fingerprint density at radius 3 is 2.59 bits per heavy atom. The summed E-state index contributed by atoms with van der Waals surface area (Å²) in [6, 6.07) is 10.5. The molecule has 1 aliphatic carbocycles. The molecule has 1 fully saturated rings. The summed E-state index contributed by atoms with van der Waals surface area (Å²) in [6.45, 7) is 4.49. The van der Waals surface area contributed by atoms with Gasteiger partial charge in [-0.15, -0.1) is 0 Å². The van der Waals surface area contributed by atoms with Crippen LogP contribution in [-0.4, -0.2) is 13.1 Å². The lowest BCUT2D eigenvalue weighted by atomic mass is 10.0. The fourth-order valence-electron chi connectivity index (χ4n) is 2.31. The molecule has 0 spiro atoms. The molecule has 1 atom stereocenters. The standard InChI is InChI=1S/C15H24N2/c1-2-15(9-10-15)12-17-11-8-14(16)13-6-4-3-5-7-13/h3-7,14,17H,2,8-12,16H2,1H3. The van der Waals surface area contributed by atoms with E-state index in [-0.39, 0.29) is 6.04 Å². The molecule has 1 aromatic rings. The fourth-order valence-corrected chi connectivity index (χ4v) is 2.31. The summed E-state index contributed by atoms with van der Waals surface area (Å²) in [5.41, 5.74) is 8.03. The van der Waals surface area contributed by atoms with Gasteiger partial charge < -0.3 is 11.1 Å². The van der Waals surface area contributed by atoms with Gasteiger partial charge in [0.05, 0.1) is 0 Å². The molecular formula is C15H24N2. The Morgan fingerprint density at radius 1 is 1.29 bits per heavy atom. The monoisotopic (exact) mass is 232 g/mol. The number of hydrogen-bond acceptors (Lipinski definition) is 2. The van der Waals surface area contributed by atoms with Crippen molar-refractivity contribution in [1.29, 1.82) is 0 Å². The molecule has 1 aliphatic rings. The van der Waals surface area contributed by atoms with E-state index in [1.165, 1.54) is 31.4 Å². The summed E-state index contributed by atoms with van der Waals surface area (Å²) in [4.78, 5) is 0. The van der Waals surface area contributed by atoms with Crippen molar-refractivity contribution in [2.45, 2.75) is 38.6 Å². The highest BCUT2D eigenvalue weighted by atomic mass is 14.9. The summed E-state index contributed by atoms with van der Waals surface area (Å²) in [5, 5.41) is 3.56. The van der Waals surface area contributed by atoms with E-state index in [9.17, 15) is 0 Å². The molecular weight excluding hydrogens is 208 g/mol. The Hall–Kier alpha value is -0.860. The zero-order valence-electron chi connectivity index (χ0n) is 10.8. The molecule has 1 aromatic carbocycles. The molecule has 0 aliphatic heterocycles. The topological polar surface area (TPSA) is 38.0 Å². The van der Waals surface area contributed by atoms with E-state index in [0.717, 1.165) is 13.0 Å². The molecule has 2 heteroatoms. The van der Waals surface area contributed by atoms with Gasteiger partial charge in [0.2, 0.25) is 0 Å². The molecule has 1 saturated carbocycles. The molecule has 0 amide bonds. The second-order valence-corrected chi connectivity index (χ2v) is 5.34. The van der Waals surface area contributed by atoms with E-state index in [2.05, 4.69) is 36.5 Å². The van der Waals surface area contributed by atoms with E-state index in [4.69, 9.17) is 5.73 Å². The molecule has 0 saturated heterocycles. The summed E-state index contributed by atoms with van der Waals surface area (Å²) in [5.74, 6) is 0. The van der Waals surface area contributed by atoms with Crippen LogP contribution in [0.5, 0.6) is 0 Å². The first-order valence-corrected chi connectivity index (χ1v) is 6.77. The summed E-state index contributed by atoms with van der Waals surface area (Å²) < 4.78 is 0. The molecule has 0 radical (unpaired) electrons. The minimum atomic E-state index is 0.167. The van der Waals surface area contributed by atoms with Crippen molar-refractivity contribution in [1.82, 2.24) is 5.32 Å². The fraction of sp³-hybridized carbons (Fsp3) is 0.600. The number of rotatable bonds is 7. The molecule has 2 rings (SSSR count). The van der Waals surface area contributed by atoms with Crippen molar-refractivity contribution in [2.75, 3.05) is 13.1 Å². The maximum absolute atomic E-state index is 6.15. The molecule has 17 heavy (non-hydrogen) atoms. The first-order valence-electron chi connectivity index (χ1n) is 6.77. The first-order chi connectivity index (χ1) is 8.26. The maximum Gasteiger partial charge on any atom is 0.0306 e. The second-order valence-electron chi connectivity index (χ2n) is 5.34. The first kappa shape index (κ1) is 12.6. The van der Waals surface area contributed by atoms with E-state index in [1.54, 1.807) is 0 Å². The Labute approximate surface area is 105 Å². The van der Waals surface area contributed by atoms with Gasteiger partial charge in [-0.3, -0.25) is 0 Å². The molecule has 1 unspecified atom stereocenters. The Balaban J connectivity index is 1.65. The highest BCUT2D eigenvalue weighted by Gasteiger charge is 2.39. The number of nitrogens with two attached hydrogens (primary N) is 1. The lowest BCUT2D eigenvalue weighted by Gasteiger charge is -2.16. The number of hydrogen-bond donors (Lipinski definition) is 2. The lowest BCUT2D eigenvalue weighted by molar-refractivity contribution is 0.435. The van der Waals surface area contributed by atoms with Crippen LogP contribution >= 0.6 is 0 Å². The third-order valence-corrected chi connectivity index (χ3v) is 4.07. The van der Waals surface area contributed by atoms with Gasteiger partial charge in [-0.25, -0.2) is 0 Å².